The molecule has 0 aromatic rings. The number of allylic oxidation sites excluding steroid dienone is 2. The molecular formula is C37H56O11. The minimum absolute atomic E-state index is 0.00247. The molecule has 5 N–H and O–H groups in total. The lowest BCUT2D eigenvalue weighted by molar-refractivity contribution is -0.301. The molecule has 3 aliphatic heterocycles. The van der Waals surface area contributed by atoms with Crippen molar-refractivity contribution in [3.8, 4) is 0 Å². The molecule has 0 aromatic carbocycles. The summed E-state index contributed by atoms with van der Waals surface area (Å²) in [6.07, 6.45) is 0.206. The highest BCUT2D eigenvalue weighted by atomic mass is 16.8. The van der Waals surface area contributed by atoms with E-state index < -0.39 is 53.6 Å². The van der Waals surface area contributed by atoms with Gasteiger partial charge in [-0.05, 0) is 75.0 Å². The molecule has 0 amide bonds. The number of aliphatic hydroxyl groups is 5. The van der Waals surface area contributed by atoms with Crippen LogP contribution in [0.15, 0.2) is 11.6 Å². The minimum Gasteiger partial charge on any atom is -0.462 e. The molecule has 7 fully saturated rings. The number of epoxide rings is 1. The van der Waals surface area contributed by atoms with E-state index in [0.717, 1.165) is 32.1 Å². The van der Waals surface area contributed by atoms with Gasteiger partial charge in [-0.25, -0.2) is 0 Å². The monoisotopic (exact) mass is 676 g/mol. The smallest absolute Gasteiger partial charge is 0.302 e. The van der Waals surface area contributed by atoms with Gasteiger partial charge in [-0.3, -0.25) is 4.79 Å². The Bertz CT molecular complexity index is 1410. The summed E-state index contributed by atoms with van der Waals surface area (Å²) < 4.78 is 31.3. The summed E-state index contributed by atoms with van der Waals surface area (Å²) in [5.74, 6) is -1.59. The Morgan fingerprint density at radius 1 is 1.02 bits per heavy atom. The maximum Gasteiger partial charge on any atom is 0.302 e. The SMILES string of the molecule is CC(=O)O[C@@H]1C[C@@]23C[C@@]24CC[C@H](O[C@@H]2OC[C@@H](O)[C@H](O)[C@H]2O)C(C)(C)[C@@H]4CC=C3[C@]2(C)C[C@@H]3O[C@@]4(O[C@H]4C(C)(C)O)[C@H](O)[C@@H](C)[C@@H]3[C@@]12C. The normalized spacial score (nSPS) is 57.7. The van der Waals surface area contributed by atoms with Crippen molar-refractivity contribution >= 4 is 5.97 Å². The van der Waals surface area contributed by atoms with Crippen LogP contribution in [0.25, 0.3) is 0 Å². The number of hydrogen-bond acceptors (Lipinski definition) is 11. The Hall–Kier alpha value is -1.15. The third kappa shape index (κ3) is 4.00. The molecule has 0 aromatic heterocycles. The second kappa shape index (κ2) is 10.0. The maximum atomic E-state index is 12.8. The zero-order valence-corrected chi connectivity index (χ0v) is 29.6. The number of carbonyl (C=O) groups excluding carboxylic acids is 1. The fourth-order valence-electron chi connectivity index (χ4n) is 13.3. The van der Waals surface area contributed by atoms with E-state index in [1.54, 1.807) is 13.8 Å². The van der Waals surface area contributed by atoms with E-state index in [0.29, 0.717) is 6.42 Å². The molecule has 8 rings (SSSR count). The van der Waals surface area contributed by atoms with E-state index in [4.69, 9.17) is 23.7 Å². The molecular weight excluding hydrogens is 620 g/mol. The molecule has 3 saturated heterocycles. The highest BCUT2D eigenvalue weighted by Crippen LogP contribution is 2.88. The predicted molar refractivity (Wildman–Crippen MR) is 170 cm³/mol. The second-order valence-corrected chi connectivity index (χ2v) is 18.5. The number of esters is 1. The van der Waals surface area contributed by atoms with Gasteiger partial charge in [0.25, 0.3) is 0 Å². The summed E-state index contributed by atoms with van der Waals surface area (Å²) >= 11 is 0. The lowest BCUT2D eigenvalue weighted by Gasteiger charge is -2.62. The molecule has 11 nitrogen and oxygen atoms in total. The number of fused-ring (bicyclic) bond motifs is 4. The standard InChI is InChI=1S/C37H56O11/c1-17-25-20(47-37(28(17)42)30(48-37)32(5,6)43)13-33(7)22-10-9-21-31(3,4)23(46-29-27(41)26(40)19(39)15-44-29)11-12-35(21)16-36(22,35)14-24(34(25,33)8)45-18(2)38/h10,17,19-21,23-30,39-43H,9,11-16H2,1-8H3/t17-,19+,20-,21-,23-,24+,25-,26-,27+,28+,29-,30-,33-,34+,35+,36-,37+/m0/s1. The van der Waals surface area contributed by atoms with E-state index in [2.05, 4.69) is 40.7 Å². The zero-order chi connectivity index (χ0) is 34.8. The Morgan fingerprint density at radius 3 is 2.38 bits per heavy atom. The minimum atomic E-state index is -1.33. The van der Waals surface area contributed by atoms with E-state index >= 15 is 0 Å². The van der Waals surface area contributed by atoms with Gasteiger partial charge in [-0.15, -0.1) is 0 Å². The molecule has 3 heterocycles. The summed E-state index contributed by atoms with van der Waals surface area (Å²) in [4.78, 5) is 12.8. The van der Waals surface area contributed by atoms with Crippen LogP contribution in [0.2, 0.25) is 0 Å². The maximum absolute atomic E-state index is 12.8. The highest BCUT2D eigenvalue weighted by Gasteiger charge is 2.85. The molecule has 0 bridgehead atoms. The summed E-state index contributed by atoms with van der Waals surface area (Å²) in [5, 5.41) is 53.5. The number of carbonyl (C=O) groups is 1. The number of rotatable bonds is 4. The topological polar surface area (TPSA) is 168 Å². The number of aliphatic hydroxyl groups excluding tert-OH is 4. The van der Waals surface area contributed by atoms with Crippen LogP contribution in [0.4, 0.5) is 0 Å². The molecule has 11 heteroatoms. The van der Waals surface area contributed by atoms with Gasteiger partial charge in [-0.2, -0.15) is 0 Å². The quantitative estimate of drug-likeness (QED) is 0.169. The predicted octanol–water partition coefficient (Wildman–Crippen LogP) is 2.58. The van der Waals surface area contributed by atoms with Crippen molar-refractivity contribution < 1.29 is 54.0 Å². The first kappa shape index (κ1) is 34.0. The Morgan fingerprint density at radius 2 is 1.73 bits per heavy atom. The first-order chi connectivity index (χ1) is 22.2. The van der Waals surface area contributed by atoms with Gasteiger partial charge in [0.05, 0.1) is 24.4 Å². The van der Waals surface area contributed by atoms with E-state index in [9.17, 15) is 30.3 Å². The van der Waals surface area contributed by atoms with Crippen molar-refractivity contribution in [2.24, 2.45) is 44.8 Å². The van der Waals surface area contributed by atoms with Gasteiger partial charge in [-0.1, -0.05) is 46.3 Å². The highest BCUT2D eigenvalue weighted by molar-refractivity contribution is 5.66. The van der Waals surface area contributed by atoms with Gasteiger partial charge in [0.15, 0.2) is 6.29 Å². The molecule has 48 heavy (non-hydrogen) atoms. The summed E-state index contributed by atoms with van der Waals surface area (Å²) in [5.41, 5.74) is -1.05. The van der Waals surface area contributed by atoms with Gasteiger partial charge in [0.2, 0.25) is 5.79 Å². The van der Waals surface area contributed by atoms with E-state index in [-0.39, 0.29) is 70.3 Å². The van der Waals surface area contributed by atoms with Gasteiger partial charge in [0, 0.05) is 29.1 Å². The third-order valence-electron chi connectivity index (χ3n) is 15.6. The van der Waals surface area contributed by atoms with Gasteiger partial charge in [0.1, 0.15) is 36.6 Å². The number of hydrogen-bond donors (Lipinski definition) is 5. The Labute approximate surface area is 283 Å². The molecule has 8 aliphatic rings. The lowest BCUT2D eigenvalue weighted by Crippen LogP contribution is -2.62. The third-order valence-corrected chi connectivity index (χ3v) is 15.6. The molecule has 4 saturated carbocycles. The average molecular weight is 677 g/mol. The van der Waals surface area contributed by atoms with Crippen LogP contribution in [0.1, 0.15) is 93.9 Å². The van der Waals surface area contributed by atoms with Crippen molar-refractivity contribution in [2.45, 2.75) is 160 Å². The molecule has 5 aliphatic carbocycles. The average Bonchev–Trinajstić information content (AvgIpc) is 3.86. The Balaban J connectivity index is 1.14. The molecule has 0 radical (unpaired) electrons. The number of ether oxygens (including phenoxy) is 5. The molecule has 17 atom stereocenters. The van der Waals surface area contributed by atoms with Crippen LogP contribution in [0.5, 0.6) is 0 Å². The van der Waals surface area contributed by atoms with Crippen LogP contribution >= 0.6 is 0 Å². The van der Waals surface area contributed by atoms with Crippen molar-refractivity contribution in [2.75, 3.05) is 6.61 Å². The summed E-state index contributed by atoms with van der Waals surface area (Å²) in [7, 11) is 0. The van der Waals surface area contributed by atoms with Crippen molar-refractivity contribution in [3.63, 3.8) is 0 Å². The molecule has 0 unspecified atom stereocenters. The summed E-state index contributed by atoms with van der Waals surface area (Å²) in [6.45, 7) is 15.9. The lowest BCUT2D eigenvalue weighted by atomic mass is 9.44. The second-order valence-electron chi connectivity index (χ2n) is 18.5. The van der Waals surface area contributed by atoms with Crippen LogP contribution < -0.4 is 0 Å². The Kier molecular flexibility index (Phi) is 7.10. The van der Waals surface area contributed by atoms with Gasteiger partial charge < -0.3 is 49.2 Å². The first-order valence-corrected chi connectivity index (χ1v) is 18.2. The van der Waals surface area contributed by atoms with Crippen LogP contribution in [-0.2, 0) is 28.5 Å². The zero-order valence-electron chi connectivity index (χ0n) is 29.6. The fourth-order valence-corrected chi connectivity index (χ4v) is 13.3. The van der Waals surface area contributed by atoms with E-state index in [1.807, 2.05) is 0 Å². The van der Waals surface area contributed by atoms with Crippen molar-refractivity contribution in [1.29, 1.82) is 0 Å². The van der Waals surface area contributed by atoms with Crippen LogP contribution in [0.3, 0.4) is 0 Å². The first-order valence-electron chi connectivity index (χ1n) is 18.2. The fraction of sp³-hybridized carbons (Fsp3) is 0.919. The largest absolute Gasteiger partial charge is 0.462 e. The van der Waals surface area contributed by atoms with Crippen LogP contribution in [-0.4, -0.2) is 105 Å². The van der Waals surface area contributed by atoms with Crippen molar-refractivity contribution in [3.05, 3.63) is 11.6 Å². The summed E-state index contributed by atoms with van der Waals surface area (Å²) in [6, 6.07) is 0. The van der Waals surface area contributed by atoms with E-state index in [1.165, 1.54) is 12.5 Å². The van der Waals surface area contributed by atoms with Crippen molar-refractivity contribution in [1.82, 2.24) is 0 Å². The molecule has 270 valence electrons. The van der Waals surface area contributed by atoms with Crippen LogP contribution in [0, 0.1) is 44.8 Å². The molecule has 3 spiro atoms. The van der Waals surface area contributed by atoms with Gasteiger partial charge >= 0.3 is 5.97 Å².